The quantitative estimate of drug-likeness (QED) is 0.459. The molecule has 2 aromatic rings. The van der Waals surface area contributed by atoms with Crippen LogP contribution in [0.15, 0.2) is 53.0 Å². The minimum absolute atomic E-state index is 0.145. The van der Waals surface area contributed by atoms with Gasteiger partial charge in [0.05, 0.1) is 19.9 Å². The van der Waals surface area contributed by atoms with Gasteiger partial charge in [-0.2, -0.15) is 5.10 Å². The lowest BCUT2D eigenvalue weighted by Gasteiger charge is -2.01. The Hall–Kier alpha value is -2.93. The molecule has 1 aromatic carbocycles. The summed E-state index contributed by atoms with van der Waals surface area (Å²) in [6.07, 6.45) is 4.57. The number of carbonyl (C=O) groups excluding carboxylic acids is 2. The fraction of sp³-hybridized carbons (Fsp3) is 0.118. The Balaban J connectivity index is 1.71. The van der Waals surface area contributed by atoms with E-state index in [0.717, 1.165) is 16.2 Å². The predicted molar refractivity (Wildman–Crippen MR) is 95.1 cm³/mol. The molecule has 0 saturated carbocycles. The minimum Gasteiger partial charge on any atom is -0.497 e. The minimum atomic E-state index is -0.394. The molecular formula is C17H17N3O3S. The normalized spacial score (nSPS) is 10.9. The van der Waals surface area contributed by atoms with Gasteiger partial charge < -0.3 is 10.1 Å². The van der Waals surface area contributed by atoms with Crippen molar-refractivity contribution in [2.24, 2.45) is 5.10 Å². The van der Waals surface area contributed by atoms with Crippen LogP contribution in [0, 0.1) is 0 Å². The standard InChI is InChI=1S/C17H17N3O3S/c1-23-14-7-4-13(5-8-14)6-9-16(21)18-12-17(22)20-19-11-15-3-2-10-24-15/h2-11H,12H2,1H3,(H,18,21)(H,20,22)/b9-6+,19-11-. The van der Waals surface area contributed by atoms with Crippen molar-refractivity contribution < 1.29 is 14.3 Å². The van der Waals surface area contributed by atoms with Crippen LogP contribution in [-0.2, 0) is 9.59 Å². The maximum absolute atomic E-state index is 11.7. The van der Waals surface area contributed by atoms with Crippen LogP contribution in [-0.4, -0.2) is 31.7 Å². The van der Waals surface area contributed by atoms with Gasteiger partial charge in [-0.05, 0) is 35.2 Å². The fourth-order valence-electron chi connectivity index (χ4n) is 1.69. The second-order valence-electron chi connectivity index (χ2n) is 4.63. The molecule has 0 atom stereocenters. The van der Waals surface area contributed by atoms with Crippen LogP contribution in [0.5, 0.6) is 5.75 Å². The molecule has 0 bridgehead atoms. The average Bonchev–Trinajstić information content (AvgIpc) is 3.12. The van der Waals surface area contributed by atoms with Crippen molar-refractivity contribution in [1.82, 2.24) is 10.7 Å². The van der Waals surface area contributed by atoms with Gasteiger partial charge in [0.15, 0.2) is 0 Å². The lowest BCUT2D eigenvalue weighted by Crippen LogP contribution is -2.33. The Labute approximate surface area is 143 Å². The number of hydrogen-bond acceptors (Lipinski definition) is 5. The third-order valence-electron chi connectivity index (χ3n) is 2.89. The molecule has 2 N–H and O–H groups in total. The van der Waals surface area contributed by atoms with Gasteiger partial charge in [-0.15, -0.1) is 11.3 Å². The van der Waals surface area contributed by atoms with Gasteiger partial charge >= 0.3 is 0 Å². The zero-order valence-electron chi connectivity index (χ0n) is 13.1. The van der Waals surface area contributed by atoms with Gasteiger partial charge in [-0.3, -0.25) is 9.59 Å². The third kappa shape index (κ3) is 6.05. The number of carbonyl (C=O) groups is 2. The van der Waals surface area contributed by atoms with E-state index in [1.165, 1.54) is 17.4 Å². The van der Waals surface area contributed by atoms with Gasteiger partial charge in [-0.25, -0.2) is 5.43 Å². The van der Waals surface area contributed by atoms with Gasteiger partial charge in [0.1, 0.15) is 5.75 Å². The molecule has 6 nitrogen and oxygen atoms in total. The third-order valence-corrected chi connectivity index (χ3v) is 3.70. The van der Waals surface area contributed by atoms with Gasteiger partial charge in [0, 0.05) is 11.0 Å². The summed E-state index contributed by atoms with van der Waals surface area (Å²) in [5, 5.41) is 8.21. The highest BCUT2D eigenvalue weighted by Crippen LogP contribution is 2.12. The first-order valence-corrected chi connectivity index (χ1v) is 8.01. The molecule has 124 valence electrons. The molecule has 24 heavy (non-hydrogen) atoms. The van der Waals surface area contributed by atoms with Crippen LogP contribution in [0.4, 0.5) is 0 Å². The number of nitrogens with zero attached hydrogens (tertiary/aromatic N) is 1. The number of ether oxygens (including phenoxy) is 1. The maximum atomic E-state index is 11.7. The lowest BCUT2D eigenvalue weighted by molar-refractivity contribution is -0.123. The summed E-state index contributed by atoms with van der Waals surface area (Å²) < 4.78 is 5.06. The molecule has 0 aliphatic rings. The Morgan fingerprint density at radius 3 is 2.71 bits per heavy atom. The molecule has 0 aliphatic carbocycles. The van der Waals surface area contributed by atoms with Crippen LogP contribution in [0.1, 0.15) is 10.4 Å². The zero-order chi connectivity index (χ0) is 17.2. The van der Waals surface area contributed by atoms with Crippen LogP contribution < -0.4 is 15.5 Å². The first kappa shape index (κ1) is 17.4. The van der Waals surface area contributed by atoms with Gasteiger partial charge in [-0.1, -0.05) is 18.2 Å². The second kappa shape index (κ2) is 9.26. The van der Waals surface area contributed by atoms with Crippen molar-refractivity contribution in [2.75, 3.05) is 13.7 Å². The Morgan fingerprint density at radius 1 is 1.25 bits per heavy atom. The van der Waals surface area contributed by atoms with Gasteiger partial charge in [0.25, 0.3) is 5.91 Å². The van der Waals surface area contributed by atoms with Crippen molar-refractivity contribution >= 4 is 35.4 Å². The lowest BCUT2D eigenvalue weighted by atomic mass is 10.2. The van der Waals surface area contributed by atoms with Crippen molar-refractivity contribution in [2.45, 2.75) is 0 Å². The number of benzene rings is 1. The first-order valence-electron chi connectivity index (χ1n) is 7.13. The topological polar surface area (TPSA) is 79.8 Å². The molecule has 0 fully saturated rings. The molecule has 0 unspecified atom stereocenters. The maximum Gasteiger partial charge on any atom is 0.259 e. The molecular weight excluding hydrogens is 326 g/mol. The number of rotatable bonds is 7. The molecule has 7 heteroatoms. The molecule has 2 rings (SSSR count). The van der Waals surface area contributed by atoms with Crippen LogP contribution >= 0.6 is 11.3 Å². The molecule has 1 aromatic heterocycles. The molecule has 2 amide bonds. The van der Waals surface area contributed by atoms with Crippen molar-refractivity contribution in [3.05, 3.63) is 58.3 Å². The van der Waals surface area contributed by atoms with E-state index in [1.807, 2.05) is 29.6 Å². The number of methoxy groups -OCH3 is 1. The van der Waals surface area contributed by atoms with Crippen LogP contribution in [0.2, 0.25) is 0 Å². The summed E-state index contributed by atoms with van der Waals surface area (Å²) in [4.78, 5) is 24.1. The number of thiophene rings is 1. The summed E-state index contributed by atoms with van der Waals surface area (Å²) in [5.74, 6) is -0.00594. The van der Waals surface area contributed by atoms with E-state index in [0.29, 0.717) is 0 Å². The Bertz CT molecular complexity index is 722. The molecule has 0 spiro atoms. The number of hydrogen-bond donors (Lipinski definition) is 2. The average molecular weight is 343 g/mol. The highest BCUT2D eigenvalue weighted by atomic mass is 32.1. The highest BCUT2D eigenvalue weighted by molar-refractivity contribution is 7.11. The zero-order valence-corrected chi connectivity index (χ0v) is 13.9. The van der Waals surface area contributed by atoms with E-state index in [4.69, 9.17) is 4.74 Å². The molecule has 0 aliphatic heterocycles. The summed E-state index contributed by atoms with van der Waals surface area (Å²) in [6.45, 7) is -0.145. The van der Waals surface area contributed by atoms with Crippen molar-refractivity contribution in [3.8, 4) is 5.75 Å². The van der Waals surface area contributed by atoms with E-state index in [1.54, 1.807) is 31.5 Å². The second-order valence-corrected chi connectivity index (χ2v) is 5.61. The van der Waals surface area contributed by atoms with Crippen molar-refractivity contribution in [1.29, 1.82) is 0 Å². The van der Waals surface area contributed by atoms with E-state index in [2.05, 4.69) is 15.8 Å². The van der Waals surface area contributed by atoms with E-state index in [-0.39, 0.29) is 12.5 Å². The smallest absolute Gasteiger partial charge is 0.259 e. The monoisotopic (exact) mass is 343 g/mol. The largest absolute Gasteiger partial charge is 0.497 e. The molecule has 0 saturated heterocycles. The number of hydrazone groups is 1. The highest BCUT2D eigenvalue weighted by Gasteiger charge is 2.01. The van der Waals surface area contributed by atoms with Gasteiger partial charge in [0.2, 0.25) is 5.91 Å². The molecule has 0 radical (unpaired) electrons. The SMILES string of the molecule is COc1ccc(/C=C/C(=O)NCC(=O)N/N=C\c2cccs2)cc1. The van der Waals surface area contributed by atoms with Crippen LogP contribution in [0.3, 0.4) is 0 Å². The van der Waals surface area contributed by atoms with Crippen LogP contribution in [0.25, 0.3) is 6.08 Å². The van der Waals surface area contributed by atoms with E-state index < -0.39 is 5.91 Å². The van der Waals surface area contributed by atoms with Crippen molar-refractivity contribution in [3.63, 3.8) is 0 Å². The predicted octanol–water partition coefficient (Wildman–Crippen LogP) is 2.04. The summed E-state index contributed by atoms with van der Waals surface area (Å²) in [6, 6.07) is 11.0. The van der Waals surface area contributed by atoms with E-state index in [9.17, 15) is 9.59 Å². The summed E-state index contributed by atoms with van der Waals surface area (Å²) in [7, 11) is 1.59. The summed E-state index contributed by atoms with van der Waals surface area (Å²) in [5.41, 5.74) is 3.20. The Kier molecular flexibility index (Phi) is 6.73. The summed E-state index contributed by atoms with van der Waals surface area (Å²) >= 11 is 1.51. The fourth-order valence-corrected chi connectivity index (χ4v) is 2.27. The number of nitrogens with one attached hydrogen (secondary N) is 2. The number of amides is 2. The molecule has 1 heterocycles. The van der Waals surface area contributed by atoms with E-state index >= 15 is 0 Å². The Morgan fingerprint density at radius 2 is 2.04 bits per heavy atom. The first-order chi connectivity index (χ1) is 11.7.